The molecule has 112 valence electrons. The van der Waals surface area contributed by atoms with Gasteiger partial charge in [0.15, 0.2) is 0 Å². The molecule has 0 unspecified atom stereocenters. The lowest BCUT2D eigenvalue weighted by atomic mass is 10.1. The van der Waals surface area contributed by atoms with E-state index in [9.17, 15) is 14.7 Å². The number of carboxylic acids is 1. The SMILES string of the molecule is CC(=O)Nc1ccc(N=Cc2cc(C(=O)O)ccc2O)cc1. The number of carbonyl (C=O) groups excluding carboxylic acids is 1. The molecule has 0 aliphatic carbocycles. The minimum Gasteiger partial charge on any atom is -0.507 e. The number of phenols is 1. The van der Waals surface area contributed by atoms with Gasteiger partial charge in [-0.15, -0.1) is 0 Å². The molecule has 0 aliphatic rings. The van der Waals surface area contributed by atoms with Crippen molar-refractivity contribution >= 4 is 29.5 Å². The summed E-state index contributed by atoms with van der Waals surface area (Å²) in [5.41, 5.74) is 1.64. The van der Waals surface area contributed by atoms with Gasteiger partial charge in [0.1, 0.15) is 5.75 Å². The number of phenolic OH excluding ortho intramolecular Hbond substituents is 1. The quantitative estimate of drug-likeness (QED) is 0.756. The number of aliphatic imine (C=N–C) groups is 1. The molecule has 0 aliphatic heterocycles. The third kappa shape index (κ3) is 3.92. The number of benzene rings is 2. The van der Waals surface area contributed by atoms with E-state index >= 15 is 0 Å². The van der Waals surface area contributed by atoms with Crippen LogP contribution in [0.1, 0.15) is 22.8 Å². The number of aromatic carboxylic acids is 1. The van der Waals surface area contributed by atoms with Crippen molar-refractivity contribution in [1.82, 2.24) is 0 Å². The van der Waals surface area contributed by atoms with E-state index in [-0.39, 0.29) is 17.2 Å². The van der Waals surface area contributed by atoms with Crippen molar-refractivity contribution in [3.63, 3.8) is 0 Å². The van der Waals surface area contributed by atoms with Crippen LogP contribution >= 0.6 is 0 Å². The van der Waals surface area contributed by atoms with Crippen molar-refractivity contribution in [2.75, 3.05) is 5.32 Å². The molecule has 0 aromatic heterocycles. The zero-order chi connectivity index (χ0) is 16.1. The second-order valence-electron chi connectivity index (χ2n) is 4.57. The number of hydrogen-bond donors (Lipinski definition) is 3. The second-order valence-corrected chi connectivity index (χ2v) is 4.57. The number of nitrogens with one attached hydrogen (secondary N) is 1. The molecule has 22 heavy (non-hydrogen) atoms. The third-order valence-corrected chi connectivity index (χ3v) is 2.81. The fourth-order valence-corrected chi connectivity index (χ4v) is 1.77. The smallest absolute Gasteiger partial charge is 0.335 e. The van der Waals surface area contributed by atoms with Crippen LogP contribution in [-0.2, 0) is 4.79 Å². The Hall–Kier alpha value is -3.15. The third-order valence-electron chi connectivity index (χ3n) is 2.81. The molecule has 0 radical (unpaired) electrons. The van der Waals surface area contributed by atoms with Gasteiger partial charge in [0.25, 0.3) is 0 Å². The van der Waals surface area contributed by atoms with Gasteiger partial charge in [0.2, 0.25) is 5.91 Å². The van der Waals surface area contributed by atoms with E-state index in [1.165, 1.54) is 31.3 Å². The van der Waals surface area contributed by atoms with Crippen LogP contribution in [-0.4, -0.2) is 28.3 Å². The van der Waals surface area contributed by atoms with E-state index in [2.05, 4.69) is 10.3 Å². The lowest BCUT2D eigenvalue weighted by molar-refractivity contribution is -0.114. The maximum atomic E-state index is 10.9. The fraction of sp³-hybridized carbons (Fsp3) is 0.0625. The Labute approximate surface area is 126 Å². The molecule has 0 atom stereocenters. The average Bonchev–Trinajstić information content (AvgIpc) is 2.47. The molecule has 3 N–H and O–H groups in total. The first kappa shape index (κ1) is 15.2. The van der Waals surface area contributed by atoms with Gasteiger partial charge in [0.05, 0.1) is 11.3 Å². The highest BCUT2D eigenvalue weighted by atomic mass is 16.4. The molecule has 0 bridgehead atoms. The molecule has 0 heterocycles. The predicted molar refractivity (Wildman–Crippen MR) is 83.1 cm³/mol. The molecule has 0 spiro atoms. The number of anilines is 1. The lowest BCUT2D eigenvalue weighted by Gasteiger charge is -2.02. The summed E-state index contributed by atoms with van der Waals surface area (Å²) in [7, 11) is 0. The van der Waals surface area contributed by atoms with Gasteiger partial charge in [-0.3, -0.25) is 9.79 Å². The normalized spacial score (nSPS) is 10.6. The van der Waals surface area contributed by atoms with Crippen molar-refractivity contribution < 1.29 is 19.8 Å². The number of hydrogen-bond acceptors (Lipinski definition) is 4. The van der Waals surface area contributed by atoms with Crippen LogP contribution in [0.5, 0.6) is 5.75 Å². The van der Waals surface area contributed by atoms with Gasteiger partial charge in [-0.1, -0.05) is 0 Å². The first-order chi connectivity index (χ1) is 10.5. The van der Waals surface area contributed by atoms with Gasteiger partial charge in [-0.05, 0) is 42.5 Å². The highest BCUT2D eigenvalue weighted by Gasteiger charge is 2.06. The molecule has 0 fully saturated rings. The van der Waals surface area contributed by atoms with E-state index in [4.69, 9.17) is 5.11 Å². The molecule has 1 amide bonds. The summed E-state index contributed by atoms with van der Waals surface area (Å²) in [6.07, 6.45) is 1.38. The van der Waals surface area contributed by atoms with Crippen LogP contribution in [0.25, 0.3) is 0 Å². The molecular formula is C16H14N2O4. The van der Waals surface area contributed by atoms with Crippen LogP contribution < -0.4 is 5.32 Å². The van der Waals surface area contributed by atoms with E-state index in [1.807, 2.05) is 0 Å². The van der Waals surface area contributed by atoms with Crippen molar-refractivity contribution in [2.45, 2.75) is 6.92 Å². The van der Waals surface area contributed by atoms with Gasteiger partial charge in [0, 0.05) is 24.4 Å². The van der Waals surface area contributed by atoms with Crippen LogP contribution in [0.15, 0.2) is 47.5 Å². The number of aromatic hydroxyl groups is 1. The summed E-state index contributed by atoms with van der Waals surface area (Å²) in [5.74, 6) is -1.29. The monoisotopic (exact) mass is 298 g/mol. The van der Waals surface area contributed by atoms with Crippen molar-refractivity contribution in [3.05, 3.63) is 53.6 Å². The molecule has 0 saturated carbocycles. The van der Waals surface area contributed by atoms with Crippen LogP contribution in [0.2, 0.25) is 0 Å². The van der Waals surface area contributed by atoms with Gasteiger partial charge < -0.3 is 15.5 Å². The zero-order valence-corrected chi connectivity index (χ0v) is 11.8. The molecule has 0 saturated heterocycles. The largest absolute Gasteiger partial charge is 0.507 e. The number of rotatable bonds is 4. The Bertz CT molecular complexity index is 736. The fourth-order valence-electron chi connectivity index (χ4n) is 1.77. The maximum Gasteiger partial charge on any atom is 0.335 e. The predicted octanol–water partition coefficient (Wildman–Crippen LogP) is 2.80. The maximum absolute atomic E-state index is 10.9. The van der Waals surface area contributed by atoms with Crippen molar-refractivity contribution in [2.24, 2.45) is 4.99 Å². The van der Waals surface area contributed by atoms with Crippen molar-refractivity contribution in [1.29, 1.82) is 0 Å². The summed E-state index contributed by atoms with van der Waals surface area (Å²) < 4.78 is 0. The second kappa shape index (κ2) is 6.53. The molecule has 6 heteroatoms. The van der Waals surface area contributed by atoms with E-state index < -0.39 is 5.97 Å². The summed E-state index contributed by atoms with van der Waals surface area (Å²) in [4.78, 5) is 26.0. The summed E-state index contributed by atoms with van der Waals surface area (Å²) in [5, 5.41) is 21.3. The molecule has 6 nitrogen and oxygen atoms in total. The molecule has 2 rings (SSSR count). The number of nitrogens with zero attached hydrogens (tertiary/aromatic N) is 1. The minimum atomic E-state index is -1.07. The molecule has 2 aromatic carbocycles. The number of carbonyl (C=O) groups is 2. The zero-order valence-electron chi connectivity index (χ0n) is 11.8. The van der Waals surface area contributed by atoms with Crippen LogP contribution in [0.4, 0.5) is 11.4 Å². The summed E-state index contributed by atoms with van der Waals surface area (Å²) >= 11 is 0. The van der Waals surface area contributed by atoms with Gasteiger partial charge >= 0.3 is 5.97 Å². The number of amides is 1. The topological polar surface area (TPSA) is 99.0 Å². The highest BCUT2D eigenvalue weighted by molar-refractivity contribution is 5.93. The van der Waals surface area contributed by atoms with Crippen molar-refractivity contribution in [3.8, 4) is 5.75 Å². The summed E-state index contributed by atoms with van der Waals surface area (Å²) in [6.45, 7) is 1.42. The van der Waals surface area contributed by atoms with Crippen LogP contribution in [0.3, 0.4) is 0 Å². The van der Waals surface area contributed by atoms with Gasteiger partial charge in [-0.25, -0.2) is 4.79 Å². The Morgan fingerprint density at radius 2 is 1.82 bits per heavy atom. The minimum absolute atomic E-state index is 0.0522. The first-order valence-electron chi connectivity index (χ1n) is 6.44. The standard InChI is InChI=1S/C16H14N2O4/c1-10(19)18-14-5-3-13(4-6-14)17-9-12-8-11(16(21)22)2-7-15(12)20/h2-9,20H,1H3,(H,18,19)(H,21,22). The van der Waals surface area contributed by atoms with E-state index in [1.54, 1.807) is 24.3 Å². The highest BCUT2D eigenvalue weighted by Crippen LogP contribution is 2.20. The van der Waals surface area contributed by atoms with E-state index in [0.29, 0.717) is 16.9 Å². The summed E-state index contributed by atoms with van der Waals surface area (Å²) in [6, 6.07) is 10.7. The number of carboxylic acid groups (broad SMARTS) is 1. The Morgan fingerprint density at radius 3 is 2.41 bits per heavy atom. The van der Waals surface area contributed by atoms with E-state index in [0.717, 1.165) is 0 Å². The van der Waals surface area contributed by atoms with Gasteiger partial charge in [-0.2, -0.15) is 0 Å². The lowest BCUT2D eigenvalue weighted by Crippen LogP contribution is -2.04. The average molecular weight is 298 g/mol. The Kier molecular flexibility index (Phi) is 4.53. The Balaban J connectivity index is 2.19. The van der Waals surface area contributed by atoms with Crippen LogP contribution in [0, 0.1) is 0 Å². The first-order valence-corrected chi connectivity index (χ1v) is 6.44. The molecular weight excluding hydrogens is 284 g/mol. The molecule has 2 aromatic rings. The Morgan fingerprint density at radius 1 is 1.14 bits per heavy atom.